The Labute approximate surface area is 126 Å². The van der Waals surface area contributed by atoms with E-state index in [1.807, 2.05) is 24.3 Å². The minimum absolute atomic E-state index is 0.110. The maximum Gasteiger partial charge on any atom is 0.229 e. The molecule has 1 amide bonds. The number of oxazole rings is 1. The molecule has 3 aromatic carbocycles. The van der Waals surface area contributed by atoms with E-state index in [1.165, 1.54) is 5.39 Å². The van der Waals surface area contributed by atoms with Crippen molar-refractivity contribution in [2.24, 2.45) is 0 Å². The summed E-state index contributed by atoms with van der Waals surface area (Å²) < 4.78 is 5.83. The molecule has 1 N–H and O–H groups in total. The molecule has 0 aliphatic heterocycles. The highest BCUT2D eigenvalue weighted by Gasteiger charge is 2.12. The number of hydrogen-bond acceptors (Lipinski definition) is 3. The van der Waals surface area contributed by atoms with Gasteiger partial charge in [0.05, 0.1) is 0 Å². The summed E-state index contributed by atoms with van der Waals surface area (Å²) in [6, 6.07) is 16.5. The summed E-state index contributed by atoms with van der Waals surface area (Å²) in [5.41, 5.74) is 1.52. The number of hydrogen-bond donors (Lipinski definition) is 1. The molecule has 0 fully saturated rings. The molecule has 4 nitrogen and oxygen atoms in total. The molecule has 0 unspecified atom stereocenters. The van der Waals surface area contributed by atoms with E-state index in [0.717, 1.165) is 27.3 Å². The standard InChI is InChI=1S/C18H14N2O2/c1-19-16(21)10-17-20-15-7-6-13-8-11-4-2-3-5-12(11)9-14(13)18(15)22-17/h2-9H,10H2,1H3,(H,19,21). The summed E-state index contributed by atoms with van der Waals surface area (Å²) >= 11 is 0. The molecule has 0 saturated carbocycles. The van der Waals surface area contributed by atoms with Gasteiger partial charge in [-0.25, -0.2) is 4.98 Å². The van der Waals surface area contributed by atoms with Crippen molar-refractivity contribution in [3.8, 4) is 0 Å². The number of fused-ring (bicyclic) bond motifs is 4. The van der Waals surface area contributed by atoms with Gasteiger partial charge in [-0.2, -0.15) is 0 Å². The fourth-order valence-corrected chi connectivity index (χ4v) is 2.75. The van der Waals surface area contributed by atoms with Gasteiger partial charge in [-0.3, -0.25) is 4.79 Å². The Hall–Kier alpha value is -2.88. The third-order valence-corrected chi connectivity index (χ3v) is 3.87. The van der Waals surface area contributed by atoms with Gasteiger partial charge in [-0.1, -0.05) is 30.3 Å². The summed E-state index contributed by atoms with van der Waals surface area (Å²) in [6.45, 7) is 0. The van der Waals surface area contributed by atoms with Crippen LogP contribution in [-0.2, 0) is 11.2 Å². The van der Waals surface area contributed by atoms with Crippen molar-refractivity contribution in [3.63, 3.8) is 0 Å². The topological polar surface area (TPSA) is 55.1 Å². The first-order chi connectivity index (χ1) is 10.7. The van der Waals surface area contributed by atoms with Crippen LogP contribution in [0.2, 0.25) is 0 Å². The Morgan fingerprint density at radius 1 is 1.09 bits per heavy atom. The SMILES string of the molecule is CNC(=O)Cc1nc2ccc3cc4ccccc4cc3c2o1. The van der Waals surface area contributed by atoms with Crippen LogP contribution in [-0.4, -0.2) is 17.9 Å². The van der Waals surface area contributed by atoms with E-state index in [0.29, 0.717) is 5.89 Å². The number of amides is 1. The third-order valence-electron chi connectivity index (χ3n) is 3.87. The van der Waals surface area contributed by atoms with E-state index < -0.39 is 0 Å². The highest BCUT2D eigenvalue weighted by Crippen LogP contribution is 2.30. The number of nitrogens with zero attached hydrogens (tertiary/aromatic N) is 1. The highest BCUT2D eigenvalue weighted by molar-refractivity contribution is 6.08. The lowest BCUT2D eigenvalue weighted by atomic mass is 10.0. The molecule has 0 aliphatic carbocycles. The van der Waals surface area contributed by atoms with E-state index in [2.05, 4.69) is 34.6 Å². The molecule has 108 valence electrons. The van der Waals surface area contributed by atoms with Crippen molar-refractivity contribution >= 4 is 38.6 Å². The van der Waals surface area contributed by atoms with Crippen LogP contribution in [0, 0.1) is 0 Å². The van der Waals surface area contributed by atoms with Gasteiger partial charge in [-0.15, -0.1) is 0 Å². The second-order valence-corrected chi connectivity index (χ2v) is 5.29. The van der Waals surface area contributed by atoms with Crippen LogP contribution >= 0.6 is 0 Å². The van der Waals surface area contributed by atoms with Gasteiger partial charge in [0.1, 0.15) is 11.9 Å². The van der Waals surface area contributed by atoms with E-state index in [4.69, 9.17) is 4.42 Å². The molecule has 4 aromatic rings. The number of aromatic nitrogens is 1. The monoisotopic (exact) mass is 290 g/mol. The first-order valence-corrected chi connectivity index (χ1v) is 7.16. The van der Waals surface area contributed by atoms with Crippen LogP contribution < -0.4 is 5.32 Å². The van der Waals surface area contributed by atoms with Crippen molar-refractivity contribution < 1.29 is 9.21 Å². The molecule has 0 radical (unpaired) electrons. The van der Waals surface area contributed by atoms with E-state index in [1.54, 1.807) is 7.05 Å². The molecule has 0 atom stereocenters. The lowest BCUT2D eigenvalue weighted by Gasteiger charge is -2.02. The molecule has 4 heteroatoms. The van der Waals surface area contributed by atoms with Crippen LogP contribution in [0.4, 0.5) is 0 Å². The fraction of sp³-hybridized carbons (Fsp3) is 0.111. The molecule has 0 spiro atoms. The van der Waals surface area contributed by atoms with Crippen LogP contribution in [0.3, 0.4) is 0 Å². The van der Waals surface area contributed by atoms with Gasteiger partial charge in [-0.05, 0) is 34.4 Å². The summed E-state index contributed by atoms with van der Waals surface area (Å²) in [5, 5.41) is 7.06. The lowest BCUT2D eigenvalue weighted by molar-refractivity contribution is -0.120. The largest absolute Gasteiger partial charge is 0.439 e. The van der Waals surface area contributed by atoms with Gasteiger partial charge in [0.2, 0.25) is 11.8 Å². The number of rotatable bonds is 2. The lowest BCUT2D eigenvalue weighted by Crippen LogP contribution is -2.19. The average Bonchev–Trinajstić information content (AvgIpc) is 2.95. The highest BCUT2D eigenvalue weighted by atomic mass is 16.3. The quantitative estimate of drug-likeness (QED) is 0.575. The van der Waals surface area contributed by atoms with E-state index in [-0.39, 0.29) is 12.3 Å². The minimum atomic E-state index is -0.110. The van der Waals surface area contributed by atoms with Crippen molar-refractivity contribution in [1.82, 2.24) is 10.3 Å². The Balaban J connectivity index is 1.96. The first kappa shape index (κ1) is 12.8. The molecular weight excluding hydrogens is 276 g/mol. The first-order valence-electron chi connectivity index (χ1n) is 7.16. The minimum Gasteiger partial charge on any atom is -0.439 e. The number of nitrogens with one attached hydrogen (secondary N) is 1. The molecular formula is C18H14N2O2. The number of benzene rings is 3. The Bertz CT molecular complexity index is 1020. The van der Waals surface area contributed by atoms with E-state index >= 15 is 0 Å². The zero-order valence-corrected chi connectivity index (χ0v) is 12.1. The van der Waals surface area contributed by atoms with Gasteiger partial charge in [0.25, 0.3) is 0 Å². The second-order valence-electron chi connectivity index (χ2n) is 5.29. The maximum atomic E-state index is 11.5. The fourth-order valence-electron chi connectivity index (χ4n) is 2.75. The zero-order valence-electron chi connectivity index (χ0n) is 12.1. The molecule has 0 aliphatic rings. The number of carbonyl (C=O) groups is 1. The molecule has 4 rings (SSSR count). The van der Waals surface area contributed by atoms with Crippen molar-refractivity contribution in [2.45, 2.75) is 6.42 Å². The predicted octanol–water partition coefficient (Wildman–Crippen LogP) is 3.42. The zero-order chi connectivity index (χ0) is 15.1. The number of likely N-dealkylation sites (N-methyl/N-ethyl adjacent to an activating group) is 1. The smallest absolute Gasteiger partial charge is 0.229 e. The Morgan fingerprint density at radius 2 is 1.86 bits per heavy atom. The Morgan fingerprint density at radius 3 is 2.64 bits per heavy atom. The predicted molar refractivity (Wildman–Crippen MR) is 86.8 cm³/mol. The molecule has 1 aromatic heterocycles. The van der Waals surface area contributed by atoms with E-state index in [9.17, 15) is 4.79 Å². The van der Waals surface area contributed by atoms with Gasteiger partial charge in [0.15, 0.2) is 5.58 Å². The Kier molecular flexibility index (Phi) is 2.82. The van der Waals surface area contributed by atoms with Gasteiger partial charge in [0, 0.05) is 12.4 Å². The molecule has 0 saturated heterocycles. The van der Waals surface area contributed by atoms with Crippen LogP contribution in [0.1, 0.15) is 5.89 Å². The van der Waals surface area contributed by atoms with Gasteiger partial charge < -0.3 is 9.73 Å². The second kappa shape index (κ2) is 4.84. The summed E-state index contributed by atoms with van der Waals surface area (Å²) in [6.07, 6.45) is 0.153. The van der Waals surface area contributed by atoms with Crippen molar-refractivity contribution in [1.29, 1.82) is 0 Å². The summed E-state index contributed by atoms with van der Waals surface area (Å²) in [5.74, 6) is 0.330. The summed E-state index contributed by atoms with van der Waals surface area (Å²) in [7, 11) is 1.60. The molecule has 22 heavy (non-hydrogen) atoms. The van der Waals surface area contributed by atoms with Gasteiger partial charge >= 0.3 is 0 Å². The van der Waals surface area contributed by atoms with Crippen molar-refractivity contribution in [3.05, 3.63) is 54.4 Å². The van der Waals surface area contributed by atoms with Crippen LogP contribution in [0.5, 0.6) is 0 Å². The number of carbonyl (C=O) groups excluding carboxylic acids is 1. The normalized spacial score (nSPS) is 11.3. The van der Waals surface area contributed by atoms with Crippen LogP contribution in [0.25, 0.3) is 32.6 Å². The maximum absolute atomic E-state index is 11.5. The average molecular weight is 290 g/mol. The van der Waals surface area contributed by atoms with Crippen LogP contribution in [0.15, 0.2) is 52.9 Å². The van der Waals surface area contributed by atoms with Crippen molar-refractivity contribution in [2.75, 3.05) is 7.05 Å². The summed E-state index contributed by atoms with van der Waals surface area (Å²) in [4.78, 5) is 15.9. The third kappa shape index (κ3) is 2.00. The molecule has 0 bridgehead atoms. The molecule has 1 heterocycles.